The van der Waals surface area contributed by atoms with E-state index >= 15 is 0 Å². The molecule has 0 unspecified atom stereocenters. The lowest BCUT2D eigenvalue weighted by Gasteiger charge is -2.46. The fourth-order valence-electron chi connectivity index (χ4n) is 5.29. The summed E-state index contributed by atoms with van der Waals surface area (Å²) in [4.78, 5) is 48.0. The maximum absolute atomic E-state index is 14.0. The fraction of sp³-hybridized carbons (Fsp3) is 0.385. The van der Waals surface area contributed by atoms with Gasteiger partial charge in [0.05, 0.1) is 23.3 Å². The normalized spacial score (nSPS) is 19.7. The van der Waals surface area contributed by atoms with Crippen molar-refractivity contribution in [2.45, 2.75) is 38.5 Å². The number of thiazole rings is 1. The zero-order valence-corrected chi connectivity index (χ0v) is 22.1. The molecule has 1 aromatic heterocycles. The number of hydrazine groups is 1. The highest BCUT2D eigenvalue weighted by molar-refractivity contribution is 7.22. The summed E-state index contributed by atoms with van der Waals surface area (Å²) in [7, 11) is 1.56. The van der Waals surface area contributed by atoms with Gasteiger partial charge in [-0.1, -0.05) is 42.5 Å². The maximum Gasteiger partial charge on any atom is 0.331 e. The first-order valence-electron chi connectivity index (χ1n) is 12.6. The lowest BCUT2D eigenvalue weighted by atomic mass is 9.99. The van der Waals surface area contributed by atoms with E-state index in [-0.39, 0.29) is 43.1 Å². The van der Waals surface area contributed by atoms with Crippen molar-refractivity contribution in [3.8, 4) is 5.75 Å². The molecular formula is C26H31N7O4S. The topological polar surface area (TPSA) is 135 Å². The summed E-state index contributed by atoms with van der Waals surface area (Å²) in [6.07, 6.45) is 0.483. The highest BCUT2D eigenvalue weighted by atomic mass is 32.1. The number of carbonyl (C=O) groups excluding carboxylic acids is 3. The van der Waals surface area contributed by atoms with E-state index < -0.39 is 12.2 Å². The highest BCUT2D eigenvalue weighted by Gasteiger charge is 2.52. The largest absolute Gasteiger partial charge is 0.508 e. The van der Waals surface area contributed by atoms with Gasteiger partial charge in [-0.3, -0.25) is 14.6 Å². The highest BCUT2D eigenvalue weighted by Crippen LogP contribution is 2.32. The third-order valence-corrected chi connectivity index (χ3v) is 7.86. The number of nitrogen functional groups attached to an aromatic ring is 1. The number of benzene rings is 2. The van der Waals surface area contributed by atoms with E-state index in [9.17, 15) is 19.5 Å². The van der Waals surface area contributed by atoms with Crippen LogP contribution in [0.2, 0.25) is 0 Å². The van der Waals surface area contributed by atoms with Crippen molar-refractivity contribution in [2.24, 2.45) is 0 Å². The number of nitrogens with two attached hydrogens (primary N) is 1. The van der Waals surface area contributed by atoms with Crippen LogP contribution in [0.5, 0.6) is 5.75 Å². The van der Waals surface area contributed by atoms with Gasteiger partial charge in [0.25, 0.3) is 0 Å². The monoisotopic (exact) mass is 537 g/mol. The van der Waals surface area contributed by atoms with Gasteiger partial charge in [0.15, 0.2) is 5.13 Å². The van der Waals surface area contributed by atoms with Gasteiger partial charge < -0.3 is 26.0 Å². The van der Waals surface area contributed by atoms with Gasteiger partial charge in [-0.05, 0) is 35.7 Å². The van der Waals surface area contributed by atoms with Crippen LogP contribution in [-0.4, -0.2) is 86.6 Å². The zero-order valence-electron chi connectivity index (χ0n) is 21.3. The van der Waals surface area contributed by atoms with E-state index in [1.54, 1.807) is 51.1 Å². The number of nitrogens with one attached hydrogen (secondary N) is 1. The van der Waals surface area contributed by atoms with Gasteiger partial charge in [-0.15, -0.1) is 0 Å². The molecule has 12 heteroatoms. The number of hydrogen-bond acceptors (Lipinski definition) is 8. The van der Waals surface area contributed by atoms with Crippen molar-refractivity contribution >= 4 is 44.5 Å². The first-order chi connectivity index (χ1) is 18.3. The van der Waals surface area contributed by atoms with E-state index in [2.05, 4.69) is 10.3 Å². The quantitative estimate of drug-likeness (QED) is 0.419. The van der Waals surface area contributed by atoms with Crippen LogP contribution in [0.4, 0.5) is 9.93 Å². The van der Waals surface area contributed by atoms with Crippen molar-refractivity contribution in [1.82, 2.24) is 30.1 Å². The molecule has 4 amide bonds. The number of carbonyl (C=O) groups is 3. The lowest BCUT2D eigenvalue weighted by Crippen LogP contribution is -2.66. The van der Waals surface area contributed by atoms with Crippen molar-refractivity contribution in [3.63, 3.8) is 0 Å². The Morgan fingerprint density at radius 2 is 2.00 bits per heavy atom. The molecule has 2 aliphatic rings. The first-order valence-corrected chi connectivity index (χ1v) is 13.4. The van der Waals surface area contributed by atoms with Crippen molar-refractivity contribution in [2.75, 3.05) is 32.4 Å². The first kappa shape index (κ1) is 25.7. The molecule has 0 radical (unpaired) electrons. The van der Waals surface area contributed by atoms with E-state index in [0.29, 0.717) is 24.6 Å². The van der Waals surface area contributed by atoms with Crippen LogP contribution in [0.25, 0.3) is 10.2 Å². The standard InChI is InChI=1S/C26H31N7O4S/c1-3-11-31(26(37)28-2)32-15-22(35)33-19(12-16-7-9-18(34)10-8-16)24(36)30(14-21(32)33)13-17-5-4-6-20-23(17)29-25(27)38-20/h4-10,19,21,34H,3,11-15H2,1-2H3,(H2,27,29)(H,28,37)/t19-,21+/m0/s1. The molecule has 11 nitrogen and oxygen atoms in total. The van der Waals surface area contributed by atoms with Crippen molar-refractivity contribution in [3.05, 3.63) is 53.6 Å². The molecule has 3 heterocycles. The van der Waals surface area contributed by atoms with Crippen molar-refractivity contribution < 1.29 is 19.5 Å². The van der Waals surface area contributed by atoms with Gasteiger partial charge in [0, 0.05) is 26.6 Å². The number of aromatic nitrogens is 1. The molecule has 2 aromatic carbocycles. The molecular weight excluding hydrogens is 506 g/mol. The minimum atomic E-state index is -0.760. The summed E-state index contributed by atoms with van der Waals surface area (Å²) in [6, 6.07) is 11.4. The minimum absolute atomic E-state index is 0.00346. The Hall–Kier alpha value is -3.90. The Morgan fingerprint density at radius 1 is 1.24 bits per heavy atom. The molecule has 5 rings (SSSR count). The number of phenols is 1. The summed E-state index contributed by atoms with van der Waals surface area (Å²) in [5.74, 6) is -0.249. The predicted octanol–water partition coefficient (Wildman–Crippen LogP) is 1.97. The summed E-state index contributed by atoms with van der Waals surface area (Å²) in [6.45, 7) is 2.94. The number of aromatic hydroxyl groups is 1. The SMILES string of the molecule is CCCN(C(=O)NC)N1CC(=O)N2[C@@H](Cc3ccc(O)cc3)C(=O)N(Cc3cccc4sc(N)nc34)C[C@@H]21. The third kappa shape index (κ3) is 4.72. The Kier molecular flexibility index (Phi) is 7.09. The summed E-state index contributed by atoms with van der Waals surface area (Å²) in [5.41, 5.74) is 8.41. The minimum Gasteiger partial charge on any atom is -0.508 e. The van der Waals surface area contributed by atoms with E-state index in [1.165, 1.54) is 11.3 Å². The molecule has 0 spiro atoms. The van der Waals surface area contributed by atoms with Crippen LogP contribution >= 0.6 is 11.3 Å². The van der Waals surface area contributed by atoms with Crippen LogP contribution < -0.4 is 11.1 Å². The number of nitrogens with zero attached hydrogens (tertiary/aromatic N) is 5. The van der Waals surface area contributed by atoms with Crippen LogP contribution in [-0.2, 0) is 22.6 Å². The third-order valence-electron chi connectivity index (χ3n) is 7.01. The van der Waals surface area contributed by atoms with Crippen LogP contribution in [0.15, 0.2) is 42.5 Å². The average Bonchev–Trinajstić information content (AvgIpc) is 3.45. The molecule has 3 aromatic rings. The molecule has 0 saturated carbocycles. The molecule has 200 valence electrons. The second-order valence-electron chi connectivity index (χ2n) is 9.48. The van der Waals surface area contributed by atoms with Gasteiger partial charge in [-0.2, -0.15) is 5.01 Å². The number of anilines is 1. The van der Waals surface area contributed by atoms with Gasteiger partial charge >= 0.3 is 6.03 Å². The Balaban J connectivity index is 1.52. The Morgan fingerprint density at radius 3 is 2.71 bits per heavy atom. The number of phenolic OH excluding ortho intramolecular Hbond substituents is 1. The van der Waals surface area contributed by atoms with Gasteiger partial charge in [0.1, 0.15) is 18.0 Å². The number of rotatable bonds is 7. The molecule has 2 fully saturated rings. The van der Waals surface area contributed by atoms with Crippen LogP contribution in [0, 0.1) is 0 Å². The molecule has 2 saturated heterocycles. The maximum atomic E-state index is 14.0. The molecule has 0 bridgehead atoms. The molecule has 0 aliphatic carbocycles. The van der Waals surface area contributed by atoms with Gasteiger partial charge in [-0.25, -0.2) is 9.78 Å². The van der Waals surface area contributed by atoms with E-state index in [0.717, 1.165) is 21.3 Å². The number of amides is 4. The number of urea groups is 1. The molecule has 2 aliphatic heterocycles. The zero-order chi connectivity index (χ0) is 27.0. The summed E-state index contributed by atoms with van der Waals surface area (Å²) >= 11 is 1.39. The van der Waals surface area contributed by atoms with Crippen molar-refractivity contribution in [1.29, 1.82) is 0 Å². The smallest absolute Gasteiger partial charge is 0.331 e. The predicted molar refractivity (Wildman–Crippen MR) is 144 cm³/mol. The van der Waals surface area contributed by atoms with Crippen LogP contribution in [0.3, 0.4) is 0 Å². The Bertz CT molecular complexity index is 1360. The second kappa shape index (κ2) is 10.5. The number of fused-ring (bicyclic) bond motifs is 2. The molecule has 2 atom stereocenters. The van der Waals surface area contributed by atoms with E-state index in [4.69, 9.17) is 5.73 Å². The van der Waals surface area contributed by atoms with Crippen LogP contribution in [0.1, 0.15) is 24.5 Å². The lowest BCUT2D eigenvalue weighted by molar-refractivity contribution is -0.157. The summed E-state index contributed by atoms with van der Waals surface area (Å²) < 4.78 is 0.943. The Labute approximate surface area is 224 Å². The number of para-hydroxylation sites is 1. The van der Waals surface area contributed by atoms with E-state index in [1.807, 2.05) is 25.1 Å². The number of piperazine rings is 1. The molecule has 38 heavy (non-hydrogen) atoms. The molecule has 4 N–H and O–H groups in total. The summed E-state index contributed by atoms with van der Waals surface area (Å²) in [5, 5.41) is 16.2. The second-order valence-corrected chi connectivity index (χ2v) is 10.5. The van der Waals surface area contributed by atoms with Gasteiger partial charge in [0.2, 0.25) is 11.8 Å². The fourth-order valence-corrected chi connectivity index (χ4v) is 6.07. The number of hydrogen-bond donors (Lipinski definition) is 3. The average molecular weight is 538 g/mol.